The second-order valence-electron chi connectivity index (χ2n) is 5.86. The summed E-state index contributed by atoms with van der Waals surface area (Å²) in [6, 6.07) is 13.1. The van der Waals surface area contributed by atoms with E-state index in [1.165, 1.54) is 0 Å². The number of aromatic amines is 1. The topological polar surface area (TPSA) is 76.2 Å². The summed E-state index contributed by atoms with van der Waals surface area (Å²) in [4.78, 5) is 20.2. The van der Waals surface area contributed by atoms with Crippen molar-refractivity contribution in [3.63, 3.8) is 0 Å². The lowest BCUT2D eigenvalue weighted by molar-refractivity contribution is 0.0952. The monoisotopic (exact) mass is 353 g/mol. The highest BCUT2D eigenvalue weighted by Crippen LogP contribution is 2.28. The van der Waals surface area contributed by atoms with Gasteiger partial charge in [0.15, 0.2) is 11.5 Å². The Bertz CT molecular complexity index is 856. The van der Waals surface area contributed by atoms with E-state index in [2.05, 4.69) is 15.3 Å². The number of para-hydroxylation sites is 2. The van der Waals surface area contributed by atoms with Gasteiger partial charge in [-0.15, -0.1) is 0 Å². The molecule has 0 fully saturated rings. The molecule has 26 heavy (non-hydrogen) atoms. The van der Waals surface area contributed by atoms with Gasteiger partial charge in [-0.25, -0.2) is 4.98 Å². The largest absolute Gasteiger partial charge is 0.493 e. The van der Waals surface area contributed by atoms with Crippen LogP contribution in [0.15, 0.2) is 42.5 Å². The van der Waals surface area contributed by atoms with Gasteiger partial charge in [0.1, 0.15) is 5.82 Å². The first kappa shape index (κ1) is 17.8. The Morgan fingerprint density at radius 2 is 2.04 bits per heavy atom. The van der Waals surface area contributed by atoms with Gasteiger partial charge in [-0.1, -0.05) is 12.1 Å². The third-order valence-electron chi connectivity index (χ3n) is 4.04. The molecule has 0 radical (unpaired) electrons. The molecule has 6 heteroatoms. The Kier molecular flexibility index (Phi) is 5.73. The number of carbonyl (C=O) groups excluding carboxylic acids is 1. The van der Waals surface area contributed by atoms with Gasteiger partial charge < -0.3 is 19.8 Å². The van der Waals surface area contributed by atoms with Gasteiger partial charge >= 0.3 is 0 Å². The van der Waals surface area contributed by atoms with E-state index in [0.29, 0.717) is 30.2 Å². The maximum Gasteiger partial charge on any atom is 0.251 e. The molecular formula is C20H23N3O3. The summed E-state index contributed by atoms with van der Waals surface area (Å²) in [5.41, 5.74) is 2.56. The SMILES string of the molecule is CCOc1cc(C(=O)NCCCc2nc3ccccc3[nH]2)ccc1OC. The van der Waals surface area contributed by atoms with E-state index in [9.17, 15) is 4.79 Å². The quantitative estimate of drug-likeness (QED) is 0.609. The van der Waals surface area contributed by atoms with Gasteiger partial charge in [0.2, 0.25) is 0 Å². The van der Waals surface area contributed by atoms with Crippen molar-refractivity contribution in [2.75, 3.05) is 20.3 Å². The van der Waals surface area contributed by atoms with Crippen molar-refractivity contribution in [3.8, 4) is 11.5 Å². The van der Waals surface area contributed by atoms with Crippen LogP contribution in [0.1, 0.15) is 29.5 Å². The first-order chi connectivity index (χ1) is 12.7. The number of carbonyl (C=O) groups is 1. The van der Waals surface area contributed by atoms with Crippen molar-refractivity contribution in [2.24, 2.45) is 0 Å². The summed E-state index contributed by atoms with van der Waals surface area (Å²) < 4.78 is 10.8. The molecule has 0 unspecified atom stereocenters. The fraction of sp³-hybridized carbons (Fsp3) is 0.300. The van der Waals surface area contributed by atoms with Crippen LogP contribution in [0.3, 0.4) is 0 Å². The number of hydrogen-bond acceptors (Lipinski definition) is 4. The van der Waals surface area contributed by atoms with Crippen molar-refractivity contribution in [1.82, 2.24) is 15.3 Å². The van der Waals surface area contributed by atoms with E-state index in [-0.39, 0.29) is 5.91 Å². The molecule has 2 N–H and O–H groups in total. The van der Waals surface area contributed by atoms with Gasteiger partial charge in [-0.2, -0.15) is 0 Å². The Morgan fingerprint density at radius 3 is 2.81 bits per heavy atom. The standard InChI is InChI=1S/C20H23N3O3/c1-3-26-18-13-14(10-11-17(18)25-2)20(24)21-12-6-9-19-22-15-7-4-5-8-16(15)23-19/h4-5,7-8,10-11,13H,3,6,9,12H2,1-2H3,(H,21,24)(H,22,23). The van der Waals surface area contributed by atoms with Crippen LogP contribution in [-0.4, -0.2) is 36.1 Å². The molecule has 136 valence electrons. The fourth-order valence-corrected chi connectivity index (χ4v) is 2.77. The molecule has 2 aromatic carbocycles. The van der Waals surface area contributed by atoms with Crippen LogP contribution in [0.5, 0.6) is 11.5 Å². The molecule has 0 aliphatic carbocycles. The number of nitrogens with zero attached hydrogens (tertiary/aromatic N) is 1. The Morgan fingerprint density at radius 1 is 1.19 bits per heavy atom. The van der Waals surface area contributed by atoms with Crippen LogP contribution < -0.4 is 14.8 Å². The van der Waals surface area contributed by atoms with Crippen molar-refractivity contribution in [2.45, 2.75) is 19.8 Å². The minimum Gasteiger partial charge on any atom is -0.493 e. The lowest BCUT2D eigenvalue weighted by Crippen LogP contribution is -2.24. The van der Waals surface area contributed by atoms with Crippen LogP contribution >= 0.6 is 0 Å². The van der Waals surface area contributed by atoms with Crippen LogP contribution in [0.25, 0.3) is 11.0 Å². The Hall–Kier alpha value is -3.02. The molecule has 0 aliphatic rings. The van der Waals surface area contributed by atoms with Gasteiger partial charge in [-0.3, -0.25) is 4.79 Å². The van der Waals surface area contributed by atoms with Gasteiger partial charge in [0.25, 0.3) is 5.91 Å². The summed E-state index contributed by atoms with van der Waals surface area (Å²) in [6.45, 7) is 2.98. The second-order valence-corrected chi connectivity index (χ2v) is 5.86. The molecule has 3 rings (SSSR count). The maximum atomic E-state index is 12.3. The number of benzene rings is 2. The number of amides is 1. The van der Waals surface area contributed by atoms with Crippen molar-refractivity contribution in [1.29, 1.82) is 0 Å². The normalized spacial score (nSPS) is 10.7. The number of fused-ring (bicyclic) bond motifs is 1. The minimum atomic E-state index is -0.127. The van der Waals surface area contributed by atoms with Crippen molar-refractivity contribution < 1.29 is 14.3 Å². The molecule has 6 nitrogen and oxygen atoms in total. The van der Waals surface area contributed by atoms with E-state index in [1.807, 2.05) is 31.2 Å². The summed E-state index contributed by atoms with van der Waals surface area (Å²) >= 11 is 0. The third kappa shape index (κ3) is 4.14. The molecule has 0 saturated heterocycles. The third-order valence-corrected chi connectivity index (χ3v) is 4.04. The first-order valence-corrected chi connectivity index (χ1v) is 8.74. The molecule has 0 bridgehead atoms. The van der Waals surface area contributed by atoms with Crippen molar-refractivity contribution in [3.05, 3.63) is 53.9 Å². The predicted octanol–water partition coefficient (Wildman–Crippen LogP) is 3.33. The number of hydrogen-bond donors (Lipinski definition) is 2. The zero-order valence-electron chi connectivity index (χ0n) is 15.0. The predicted molar refractivity (Wildman–Crippen MR) is 101 cm³/mol. The maximum absolute atomic E-state index is 12.3. The number of rotatable bonds is 8. The number of nitrogens with one attached hydrogen (secondary N) is 2. The van der Waals surface area contributed by atoms with Crippen LogP contribution in [0.4, 0.5) is 0 Å². The van der Waals surface area contributed by atoms with E-state index in [0.717, 1.165) is 29.7 Å². The highest BCUT2D eigenvalue weighted by molar-refractivity contribution is 5.94. The average molecular weight is 353 g/mol. The zero-order chi connectivity index (χ0) is 18.4. The molecule has 1 aromatic heterocycles. The number of methoxy groups -OCH3 is 1. The average Bonchev–Trinajstić information content (AvgIpc) is 3.08. The molecule has 1 heterocycles. The van der Waals surface area contributed by atoms with E-state index in [4.69, 9.17) is 9.47 Å². The van der Waals surface area contributed by atoms with E-state index >= 15 is 0 Å². The molecular weight excluding hydrogens is 330 g/mol. The summed E-state index contributed by atoms with van der Waals surface area (Å²) in [6.07, 6.45) is 1.59. The van der Waals surface area contributed by atoms with E-state index in [1.54, 1.807) is 25.3 Å². The number of imidazole rings is 1. The molecule has 0 aliphatic heterocycles. The first-order valence-electron chi connectivity index (χ1n) is 8.74. The smallest absolute Gasteiger partial charge is 0.251 e. The molecule has 0 spiro atoms. The Balaban J connectivity index is 1.53. The highest BCUT2D eigenvalue weighted by Gasteiger charge is 2.11. The minimum absolute atomic E-state index is 0.127. The zero-order valence-corrected chi connectivity index (χ0v) is 15.0. The summed E-state index contributed by atoms with van der Waals surface area (Å²) in [5, 5.41) is 2.93. The Labute approximate surface area is 152 Å². The van der Waals surface area contributed by atoms with Gasteiger partial charge in [0, 0.05) is 18.5 Å². The van der Waals surface area contributed by atoms with E-state index < -0.39 is 0 Å². The molecule has 0 atom stereocenters. The molecule has 1 amide bonds. The number of H-pyrrole nitrogens is 1. The van der Waals surface area contributed by atoms with Crippen LogP contribution in [0.2, 0.25) is 0 Å². The molecule has 3 aromatic rings. The second kappa shape index (κ2) is 8.38. The fourth-order valence-electron chi connectivity index (χ4n) is 2.77. The van der Waals surface area contributed by atoms with Crippen molar-refractivity contribution >= 4 is 16.9 Å². The highest BCUT2D eigenvalue weighted by atomic mass is 16.5. The van der Waals surface area contributed by atoms with Crippen LogP contribution in [-0.2, 0) is 6.42 Å². The number of aromatic nitrogens is 2. The lowest BCUT2D eigenvalue weighted by Gasteiger charge is -2.11. The summed E-state index contributed by atoms with van der Waals surface area (Å²) in [7, 11) is 1.58. The number of ether oxygens (including phenoxy) is 2. The van der Waals surface area contributed by atoms with Gasteiger partial charge in [0.05, 0.1) is 24.8 Å². The lowest BCUT2D eigenvalue weighted by atomic mass is 10.2. The number of aryl methyl sites for hydroxylation is 1. The molecule has 0 saturated carbocycles. The summed E-state index contributed by atoms with van der Waals surface area (Å²) in [5.74, 6) is 2.00. The van der Waals surface area contributed by atoms with Crippen LogP contribution in [0, 0.1) is 0 Å². The van der Waals surface area contributed by atoms with Gasteiger partial charge in [-0.05, 0) is 43.7 Å².